The molecule has 5 rings (SSSR count). The minimum atomic E-state index is -0.626. The number of carbonyl (C=O) groups is 4. The van der Waals surface area contributed by atoms with Crippen LogP contribution in [0.15, 0.2) is 59.5 Å². The highest BCUT2D eigenvalue weighted by Gasteiger charge is 2.36. The number of carboxylic acid groups (broad SMARTS) is 2. The van der Waals surface area contributed by atoms with Gasteiger partial charge < -0.3 is 25.7 Å². The number of nitrogens with zero attached hydrogens (tertiary/aromatic N) is 3. The first-order valence-electron chi connectivity index (χ1n) is 13.1. The van der Waals surface area contributed by atoms with Gasteiger partial charge in [0.1, 0.15) is 5.82 Å². The lowest BCUT2D eigenvalue weighted by Gasteiger charge is -2.34. The average molecular weight is 636 g/mol. The van der Waals surface area contributed by atoms with Gasteiger partial charge in [-0.25, -0.2) is 4.39 Å². The number of pyridine rings is 1. The number of benzene rings is 1. The lowest BCUT2D eigenvalue weighted by molar-refractivity contribution is -0.123. The summed E-state index contributed by atoms with van der Waals surface area (Å²) < 4.78 is 16.6. The number of thiophene rings is 1. The van der Waals surface area contributed by atoms with Crippen LogP contribution in [0, 0.1) is 11.7 Å². The Kier molecular flexibility index (Phi) is 12.8. The van der Waals surface area contributed by atoms with E-state index in [2.05, 4.69) is 15.5 Å². The maximum atomic E-state index is 14.8. The zero-order valence-corrected chi connectivity index (χ0v) is 24.5. The van der Waals surface area contributed by atoms with Crippen molar-refractivity contribution in [2.75, 3.05) is 44.6 Å². The molecule has 2 fully saturated rings. The van der Waals surface area contributed by atoms with Gasteiger partial charge in [0.2, 0.25) is 5.91 Å². The van der Waals surface area contributed by atoms with Gasteiger partial charge in [-0.05, 0) is 49.8 Å². The molecule has 2 aromatic heterocycles. The van der Waals surface area contributed by atoms with Crippen LogP contribution in [0.1, 0.15) is 16.1 Å². The molecule has 12 nitrogen and oxygen atoms in total. The Hall–Kier alpha value is -4.11. The Balaban J connectivity index is 0.000000780. The molecule has 1 aromatic carbocycles. The number of rotatable bonds is 8. The van der Waals surface area contributed by atoms with Gasteiger partial charge in [-0.15, -0.1) is 11.3 Å². The molecule has 15 heteroatoms. The first kappa shape index (κ1) is 33.4. The molecule has 2 amide bonds. The minimum absolute atomic E-state index is 0.0495. The molecular weight excluding hydrogens is 605 g/mol. The fraction of sp³-hybridized carbons (Fsp3) is 0.321. The zero-order valence-electron chi connectivity index (χ0n) is 22.9. The molecular formula is C28H31ClFN5O7S. The van der Waals surface area contributed by atoms with E-state index < -0.39 is 5.82 Å². The molecule has 0 bridgehead atoms. The lowest BCUT2D eigenvalue weighted by atomic mass is 10.0. The summed E-state index contributed by atoms with van der Waals surface area (Å²) in [6, 6.07) is 12.3. The summed E-state index contributed by atoms with van der Waals surface area (Å²) in [5.41, 5.74) is 0.151. The van der Waals surface area contributed by atoms with Crippen LogP contribution in [0.4, 0.5) is 10.1 Å². The molecule has 0 unspecified atom stereocenters. The monoisotopic (exact) mass is 635 g/mol. The number of carbonyl (C=O) groups excluding carboxylic acids is 2. The Morgan fingerprint density at radius 3 is 2.35 bits per heavy atom. The van der Waals surface area contributed by atoms with Crippen molar-refractivity contribution in [2.45, 2.75) is 12.5 Å². The first-order chi connectivity index (χ1) is 20.7. The second-order valence-electron chi connectivity index (χ2n) is 9.62. The van der Waals surface area contributed by atoms with Crippen LogP contribution >= 0.6 is 22.9 Å². The van der Waals surface area contributed by atoms with E-state index >= 15 is 0 Å². The van der Waals surface area contributed by atoms with Crippen LogP contribution in [-0.4, -0.2) is 94.6 Å². The van der Waals surface area contributed by atoms with Crippen molar-refractivity contribution < 1.29 is 33.8 Å². The number of nitrogens with one attached hydrogen (secondary N) is 2. The molecule has 4 heterocycles. The number of hydrogen-bond acceptors (Lipinski definition) is 8. The molecule has 230 valence electrons. The Morgan fingerprint density at radius 2 is 1.77 bits per heavy atom. The van der Waals surface area contributed by atoms with Crippen molar-refractivity contribution in [3.8, 4) is 5.69 Å². The number of anilines is 1. The predicted molar refractivity (Wildman–Crippen MR) is 160 cm³/mol. The zero-order chi connectivity index (χ0) is 31.4. The second-order valence-corrected chi connectivity index (χ2v) is 11.3. The van der Waals surface area contributed by atoms with Gasteiger partial charge in [-0.1, -0.05) is 17.7 Å². The minimum Gasteiger partial charge on any atom is -0.483 e. The molecule has 2 saturated heterocycles. The van der Waals surface area contributed by atoms with E-state index in [-0.39, 0.29) is 54.5 Å². The standard InChI is InChI=1S/C26H27ClFN5O3S.2CH2O2/c27-23-8-7-22(37-23)26(36)30-21-15-32(14-17(21)13-31-9-3-10-31)16-24(34)29-20-6-5-18(12-19(20)28)33-11-2-1-4-25(33)35;2*2-1-3/h1-2,4-8,11-12,17,21H,3,9-10,13-16H2,(H,29,34)(H,30,36);2*1H,(H,2,3)/t17-,21-;;/m0../s1. The quantitative estimate of drug-likeness (QED) is 0.273. The molecule has 3 aromatic rings. The first-order valence-corrected chi connectivity index (χ1v) is 14.3. The van der Waals surface area contributed by atoms with E-state index in [4.69, 9.17) is 31.4 Å². The van der Waals surface area contributed by atoms with Crippen molar-refractivity contribution in [3.63, 3.8) is 0 Å². The summed E-state index contributed by atoms with van der Waals surface area (Å²) in [4.78, 5) is 59.2. The van der Waals surface area contributed by atoms with Crippen LogP contribution in [0.3, 0.4) is 0 Å². The number of halogens is 2. The molecule has 0 radical (unpaired) electrons. The molecule has 4 N–H and O–H groups in total. The van der Waals surface area contributed by atoms with Crippen molar-refractivity contribution in [1.29, 1.82) is 0 Å². The van der Waals surface area contributed by atoms with Crippen LogP contribution in [0.2, 0.25) is 4.34 Å². The third-order valence-corrected chi connectivity index (χ3v) is 8.00. The van der Waals surface area contributed by atoms with E-state index in [1.807, 2.05) is 4.90 Å². The lowest BCUT2D eigenvalue weighted by Crippen LogP contribution is -2.47. The maximum Gasteiger partial charge on any atom is 0.290 e. The normalized spacial score (nSPS) is 17.7. The van der Waals surface area contributed by atoms with Gasteiger partial charge in [0, 0.05) is 49.9 Å². The summed E-state index contributed by atoms with van der Waals surface area (Å²) >= 11 is 7.22. The van der Waals surface area contributed by atoms with Crippen LogP contribution < -0.4 is 16.2 Å². The summed E-state index contributed by atoms with van der Waals surface area (Å²) in [6.45, 7) is 3.69. The largest absolute Gasteiger partial charge is 0.483 e. The van der Waals surface area contributed by atoms with Gasteiger partial charge in [-0.3, -0.25) is 33.4 Å². The Labute approximate surface area is 255 Å². The molecule has 2 aliphatic heterocycles. The number of hydrogen-bond donors (Lipinski definition) is 4. The number of aromatic nitrogens is 1. The highest BCUT2D eigenvalue weighted by atomic mass is 35.5. The van der Waals surface area contributed by atoms with E-state index in [1.165, 1.54) is 40.5 Å². The van der Waals surface area contributed by atoms with Crippen molar-refractivity contribution in [3.05, 3.63) is 80.1 Å². The number of amides is 2. The Bertz CT molecular complexity index is 1460. The molecule has 2 atom stereocenters. The molecule has 0 spiro atoms. The topological polar surface area (TPSA) is 161 Å². The molecule has 0 aliphatic carbocycles. The van der Waals surface area contributed by atoms with Crippen molar-refractivity contribution in [1.82, 2.24) is 19.7 Å². The smallest absolute Gasteiger partial charge is 0.290 e. The summed E-state index contributed by atoms with van der Waals surface area (Å²) in [6.07, 6.45) is 2.73. The van der Waals surface area contributed by atoms with E-state index in [9.17, 15) is 18.8 Å². The number of likely N-dealkylation sites (tertiary alicyclic amines) is 2. The van der Waals surface area contributed by atoms with Gasteiger partial charge in [0.15, 0.2) is 0 Å². The molecule has 0 saturated carbocycles. The van der Waals surface area contributed by atoms with Crippen molar-refractivity contribution in [2.24, 2.45) is 5.92 Å². The highest BCUT2D eigenvalue weighted by molar-refractivity contribution is 7.18. The van der Waals surface area contributed by atoms with E-state index in [0.717, 1.165) is 19.6 Å². The van der Waals surface area contributed by atoms with Crippen LogP contribution in [0.25, 0.3) is 5.69 Å². The fourth-order valence-corrected chi connectivity index (χ4v) is 5.75. The maximum absolute atomic E-state index is 14.8. The third-order valence-electron chi connectivity index (χ3n) is 6.77. The van der Waals surface area contributed by atoms with Gasteiger partial charge >= 0.3 is 0 Å². The van der Waals surface area contributed by atoms with Crippen LogP contribution in [0.5, 0.6) is 0 Å². The van der Waals surface area contributed by atoms with Gasteiger partial charge in [0.05, 0.1) is 27.1 Å². The van der Waals surface area contributed by atoms with Gasteiger partial charge in [-0.2, -0.15) is 0 Å². The molecule has 2 aliphatic rings. The summed E-state index contributed by atoms with van der Waals surface area (Å²) in [5, 5.41) is 19.5. The third kappa shape index (κ3) is 9.71. The second kappa shape index (κ2) is 16.5. The van der Waals surface area contributed by atoms with Crippen LogP contribution in [-0.2, 0) is 14.4 Å². The summed E-state index contributed by atoms with van der Waals surface area (Å²) in [7, 11) is 0. The molecule has 43 heavy (non-hydrogen) atoms. The highest BCUT2D eigenvalue weighted by Crippen LogP contribution is 2.25. The average Bonchev–Trinajstić information content (AvgIpc) is 3.54. The summed E-state index contributed by atoms with van der Waals surface area (Å²) in [5.74, 6) is -0.962. The fourth-order valence-electron chi connectivity index (χ4n) is 4.80. The SMILES string of the molecule is O=C(CN1C[C@H](CN2CCC2)[C@@H](NC(=O)c2ccc(Cl)s2)C1)Nc1ccc(-n2ccccc2=O)cc1F.O=CO.O=CO. The van der Waals surface area contributed by atoms with Gasteiger partial charge in [0.25, 0.3) is 24.4 Å². The van der Waals surface area contributed by atoms with Crippen molar-refractivity contribution >= 4 is 53.4 Å². The Morgan fingerprint density at radius 1 is 1.05 bits per heavy atom. The predicted octanol–water partition coefficient (Wildman–Crippen LogP) is 2.47. The van der Waals surface area contributed by atoms with E-state index in [0.29, 0.717) is 28.0 Å². The van der Waals surface area contributed by atoms with E-state index in [1.54, 1.807) is 36.5 Å².